The molecule has 0 unspecified atom stereocenters. The van der Waals surface area contributed by atoms with E-state index in [0.29, 0.717) is 12.3 Å². The van der Waals surface area contributed by atoms with Crippen LogP contribution in [0.25, 0.3) is 0 Å². The molecule has 0 aromatic carbocycles. The molecule has 0 atom stereocenters. The second-order valence-electron chi connectivity index (χ2n) is 2.88. The molecule has 0 spiro atoms. The molecule has 5 nitrogen and oxygen atoms in total. The van der Waals surface area contributed by atoms with Crippen LogP contribution in [0.1, 0.15) is 5.69 Å². The molecule has 1 aromatic heterocycles. The lowest BCUT2D eigenvalue weighted by atomic mass is 10.5. The number of H-pyrrole nitrogens is 1. The molecule has 0 radical (unpaired) electrons. The van der Waals surface area contributed by atoms with Crippen LogP contribution in [0, 0.1) is 0 Å². The van der Waals surface area contributed by atoms with Gasteiger partial charge in [0.2, 0.25) is 10.0 Å². The first-order chi connectivity index (χ1) is 7.10. The lowest BCUT2D eigenvalue weighted by Crippen LogP contribution is -2.26. The molecule has 2 N–H and O–H groups in total. The van der Waals surface area contributed by atoms with E-state index >= 15 is 0 Å². The van der Waals surface area contributed by atoms with E-state index in [4.69, 9.17) is 16.3 Å². The van der Waals surface area contributed by atoms with Gasteiger partial charge in [0.25, 0.3) is 0 Å². The van der Waals surface area contributed by atoms with Crippen molar-refractivity contribution in [3.63, 3.8) is 0 Å². The molecule has 1 heterocycles. The van der Waals surface area contributed by atoms with Crippen LogP contribution < -0.4 is 4.72 Å². The molecule has 0 aliphatic carbocycles. The monoisotopic (exact) mass is 252 g/mol. The van der Waals surface area contributed by atoms with Crippen molar-refractivity contribution in [2.75, 3.05) is 20.3 Å². The smallest absolute Gasteiger partial charge is 0.242 e. The minimum Gasteiger partial charge on any atom is -0.383 e. The average molecular weight is 253 g/mol. The van der Waals surface area contributed by atoms with Crippen molar-refractivity contribution in [3.8, 4) is 0 Å². The van der Waals surface area contributed by atoms with E-state index in [1.807, 2.05) is 0 Å². The molecule has 15 heavy (non-hydrogen) atoms. The molecular formula is C8H13ClN2O3S. The third kappa shape index (κ3) is 3.49. The van der Waals surface area contributed by atoms with Gasteiger partial charge in [0.1, 0.15) is 0 Å². The van der Waals surface area contributed by atoms with Crippen LogP contribution in [0.3, 0.4) is 0 Å². The standard InChI is InChI=1S/C8H13ClN2O3S/c1-14-3-2-11-15(12,13)8-4-7(5-9)10-6-8/h4,6,10-11H,2-3,5H2,1H3. The number of sulfonamides is 1. The second kappa shape index (κ2) is 5.50. The van der Waals surface area contributed by atoms with Crippen LogP contribution in [0.4, 0.5) is 0 Å². The summed E-state index contributed by atoms with van der Waals surface area (Å²) in [6.45, 7) is 0.590. The van der Waals surface area contributed by atoms with Gasteiger partial charge in [-0.15, -0.1) is 11.6 Å². The van der Waals surface area contributed by atoms with Crippen LogP contribution >= 0.6 is 11.6 Å². The normalized spacial score (nSPS) is 11.9. The molecule has 1 rings (SSSR count). The van der Waals surface area contributed by atoms with E-state index < -0.39 is 10.0 Å². The van der Waals surface area contributed by atoms with E-state index in [9.17, 15) is 8.42 Å². The molecule has 7 heteroatoms. The van der Waals surface area contributed by atoms with Crippen LogP contribution in [0.2, 0.25) is 0 Å². The number of alkyl halides is 1. The lowest BCUT2D eigenvalue weighted by molar-refractivity contribution is 0.204. The Kier molecular flexibility index (Phi) is 4.59. The van der Waals surface area contributed by atoms with Gasteiger partial charge in [-0.1, -0.05) is 0 Å². The van der Waals surface area contributed by atoms with E-state index in [1.54, 1.807) is 0 Å². The number of methoxy groups -OCH3 is 1. The molecular weight excluding hydrogens is 240 g/mol. The molecule has 0 aliphatic heterocycles. The van der Waals surface area contributed by atoms with Crippen molar-refractivity contribution in [2.24, 2.45) is 0 Å². The van der Waals surface area contributed by atoms with Crippen molar-refractivity contribution < 1.29 is 13.2 Å². The quantitative estimate of drug-likeness (QED) is 0.578. The van der Waals surface area contributed by atoms with Gasteiger partial charge in [0.05, 0.1) is 17.4 Å². The predicted octanol–water partition coefficient (Wildman–Crippen LogP) is 0.678. The first kappa shape index (κ1) is 12.5. The highest BCUT2D eigenvalue weighted by molar-refractivity contribution is 7.89. The van der Waals surface area contributed by atoms with Gasteiger partial charge < -0.3 is 9.72 Å². The van der Waals surface area contributed by atoms with E-state index in [-0.39, 0.29) is 17.3 Å². The fourth-order valence-electron chi connectivity index (χ4n) is 1.01. The van der Waals surface area contributed by atoms with Gasteiger partial charge >= 0.3 is 0 Å². The molecule has 0 bridgehead atoms. The summed E-state index contributed by atoms with van der Waals surface area (Å²) in [4.78, 5) is 2.96. The maximum absolute atomic E-state index is 11.6. The van der Waals surface area contributed by atoms with E-state index in [2.05, 4.69) is 9.71 Å². The van der Waals surface area contributed by atoms with E-state index in [1.165, 1.54) is 19.4 Å². The molecule has 1 aromatic rings. The van der Waals surface area contributed by atoms with Crippen LogP contribution in [-0.2, 0) is 20.6 Å². The Morgan fingerprint density at radius 2 is 2.33 bits per heavy atom. The SMILES string of the molecule is COCCNS(=O)(=O)c1c[nH]c(CCl)c1. The summed E-state index contributed by atoms with van der Waals surface area (Å²) in [6.07, 6.45) is 1.41. The van der Waals surface area contributed by atoms with Crippen LogP contribution in [-0.4, -0.2) is 33.7 Å². The van der Waals surface area contributed by atoms with Crippen molar-refractivity contribution in [3.05, 3.63) is 18.0 Å². The fourth-order valence-corrected chi connectivity index (χ4v) is 2.20. The Labute approximate surface area is 93.8 Å². The summed E-state index contributed by atoms with van der Waals surface area (Å²) in [5, 5.41) is 0. The zero-order valence-corrected chi connectivity index (χ0v) is 9.86. The summed E-state index contributed by atoms with van der Waals surface area (Å²) < 4.78 is 30.4. The maximum Gasteiger partial charge on any atom is 0.242 e. The number of halogens is 1. The molecule has 0 fully saturated rings. The lowest BCUT2D eigenvalue weighted by Gasteiger charge is -2.03. The third-order valence-corrected chi connectivity index (χ3v) is 3.50. The largest absolute Gasteiger partial charge is 0.383 e. The highest BCUT2D eigenvalue weighted by Gasteiger charge is 2.14. The maximum atomic E-state index is 11.6. The van der Waals surface area contributed by atoms with E-state index in [0.717, 1.165) is 0 Å². The minimum absolute atomic E-state index is 0.189. The number of aromatic nitrogens is 1. The average Bonchev–Trinajstić information content (AvgIpc) is 2.66. The fraction of sp³-hybridized carbons (Fsp3) is 0.500. The zero-order valence-electron chi connectivity index (χ0n) is 8.29. The number of aromatic amines is 1. The molecule has 86 valence electrons. The predicted molar refractivity (Wildman–Crippen MR) is 57.4 cm³/mol. The van der Waals surface area contributed by atoms with Gasteiger partial charge in [-0.25, -0.2) is 13.1 Å². The van der Waals surface area contributed by atoms with Gasteiger partial charge in [-0.05, 0) is 6.07 Å². The highest BCUT2D eigenvalue weighted by Crippen LogP contribution is 2.11. The molecule has 0 saturated carbocycles. The summed E-state index contributed by atoms with van der Waals surface area (Å²) in [7, 11) is -1.93. The number of rotatable bonds is 6. The Balaban J connectivity index is 2.68. The first-order valence-corrected chi connectivity index (χ1v) is 6.34. The highest BCUT2D eigenvalue weighted by atomic mass is 35.5. The minimum atomic E-state index is -3.44. The molecule has 0 aliphatic rings. The Morgan fingerprint density at radius 3 is 2.87 bits per heavy atom. The van der Waals surface area contributed by atoms with Gasteiger partial charge in [0.15, 0.2) is 0 Å². The number of hydrogen-bond acceptors (Lipinski definition) is 3. The topological polar surface area (TPSA) is 71.2 Å². The summed E-state index contributed by atoms with van der Waals surface area (Å²) in [5.41, 5.74) is 0.670. The summed E-state index contributed by atoms with van der Waals surface area (Å²) in [5.74, 6) is 0.258. The summed E-state index contributed by atoms with van der Waals surface area (Å²) in [6, 6.07) is 1.50. The van der Waals surface area contributed by atoms with Gasteiger partial charge in [-0.3, -0.25) is 0 Å². The Bertz CT molecular complexity index is 402. The van der Waals surface area contributed by atoms with Crippen molar-refractivity contribution in [1.29, 1.82) is 0 Å². The van der Waals surface area contributed by atoms with Crippen molar-refractivity contribution in [2.45, 2.75) is 10.8 Å². The van der Waals surface area contributed by atoms with Crippen molar-refractivity contribution >= 4 is 21.6 Å². The number of ether oxygens (including phenoxy) is 1. The number of nitrogens with one attached hydrogen (secondary N) is 2. The zero-order chi connectivity index (χ0) is 11.3. The summed E-state index contributed by atoms with van der Waals surface area (Å²) >= 11 is 5.55. The third-order valence-electron chi connectivity index (χ3n) is 1.77. The van der Waals surface area contributed by atoms with Crippen molar-refractivity contribution in [1.82, 2.24) is 9.71 Å². The van der Waals surface area contributed by atoms with Crippen LogP contribution in [0.5, 0.6) is 0 Å². The Hall–Kier alpha value is -0.560. The second-order valence-corrected chi connectivity index (χ2v) is 4.92. The van der Waals surface area contributed by atoms with Gasteiger partial charge in [-0.2, -0.15) is 0 Å². The molecule has 0 saturated heterocycles. The van der Waals surface area contributed by atoms with Crippen LogP contribution in [0.15, 0.2) is 17.2 Å². The van der Waals surface area contributed by atoms with Gasteiger partial charge in [0, 0.05) is 25.5 Å². The number of hydrogen-bond donors (Lipinski definition) is 2. The first-order valence-electron chi connectivity index (χ1n) is 4.32. The molecule has 0 amide bonds. The Morgan fingerprint density at radius 1 is 1.60 bits per heavy atom.